The fraction of sp³-hybridized carbons (Fsp3) is 0.455. The average molecular weight is 585 g/mol. The number of aromatic nitrogens is 2. The van der Waals surface area contributed by atoms with Gasteiger partial charge in [-0.2, -0.15) is 0 Å². The first-order valence-corrected chi connectivity index (χ1v) is 10.4. The van der Waals surface area contributed by atoms with Gasteiger partial charge in [0.25, 0.3) is 0 Å². The minimum absolute atomic E-state index is 0. The molecule has 1 aromatic carbocycles. The summed E-state index contributed by atoms with van der Waals surface area (Å²) in [6.07, 6.45) is 1.92. The Hall–Kier alpha value is -1.88. The van der Waals surface area contributed by atoms with Crippen LogP contribution in [0.4, 0.5) is 17.3 Å². The van der Waals surface area contributed by atoms with Gasteiger partial charge in [-0.3, -0.25) is 9.59 Å². The van der Waals surface area contributed by atoms with Crippen LogP contribution in [0, 0.1) is 41.3 Å². The second kappa shape index (κ2) is 16.7. The van der Waals surface area contributed by atoms with Gasteiger partial charge in [-0.1, -0.05) is 14.0 Å². The molecule has 0 aliphatic rings. The standard InChI is InChI=1S/C21H30N6O3.CH5N.Pr/c1-6-17-19(23-4)27-20(18(12-28)26-17)25-15-9-14(10-16(11-15)30-5)7-8-24-21(29)13(2)22-3;1-2;/h9-13,22H,6-8H2,1-5H3,(H3,23,24,25,27,28,29);2H2,1H3;/p-1. The van der Waals surface area contributed by atoms with Crippen molar-refractivity contribution in [3.8, 4) is 5.75 Å². The number of ether oxygens (including phenoxy) is 1. The maximum atomic E-state index is 11.9. The number of nitrogens with two attached hydrogens (primary N) is 1. The molecule has 0 aliphatic carbocycles. The number of benzene rings is 1. The van der Waals surface area contributed by atoms with Gasteiger partial charge >= 0.3 is 0 Å². The molecule has 1 atom stereocenters. The molecular formula is C22H34N7O3Pr-. The molecule has 5 N–H and O–H groups in total. The zero-order valence-electron chi connectivity index (χ0n) is 20.2. The second-order valence-electron chi connectivity index (χ2n) is 6.67. The van der Waals surface area contributed by atoms with Gasteiger partial charge in [-0.25, -0.2) is 4.98 Å². The Morgan fingerprint density at radius 2 is 1.97 bits per heavy atom. The smallest absolute Gasteiger partial charge is 0.236 e. The third-order valence-corrected chi connectivity index (χ3v) is 4.64. The molecule has 2 rings (SSSR count). The number of carbonyl (C=O) groups excluding carboxylic acids is 2. The van der Waals surface area contributed by atoms with Gasteiger partial charge in [0.2, 0.25) is 5.91 Å². The molecule has 0 spiro atoms. The van der Waals surface area contributed by atoms with Crippen molar-refractivity contribution in [2.75, 3.05) is 40.1 Å². The Morgan fingerprint density at radius 3 is 2.52 bits per heavy atom. The quantitative estimate of drug-likeness (QED) is 0.294. The van der Waals surface area contributed by atoms with Crippen LogP contribution in [0.1, 0.15) is 35.6 Å². The number of rotatable bonds is 11. The average Bonchev–Trinajstić information content (AvgIpc) is 2.84. The molecule has 1 aromatic heterocycles. The number of nitrogens with zero attached hydrogens (tertiary/aromatic N) is 3. The number of anilines is 2. The number of hydrogen-bond donors (Lipinski definition) is 4. The van der Waals surface area contributed by atoms with E-state index in [0.717, 1.165) is 5.56 Å². The van der Waals surface area contributed by atoms with Gasteiger partial charge in [0.1, 0.15) is 11.4 Å². The molecule has 1 amide bonds. The van der Waals surface area contributed by atoms with Crippen LogP contribution in [-0.4, -0.2) is 63.0 Å². The maximum Gasteiger partial charge on any atom is 0.236 e. The fourth-order valence-electron chi connectivity index (χ4n) is 2.81. The third-order valence-electron chi connectivity index (χ3n) is 4.64. The van der Waals surface area contributed by atoms with Crippen LogP contribution in [0.3, 0.4) is 0 Å². The molecule has 10 nitrogen and oxygen atoms in total. The fourth-order valence-corrected chi connectivity index (χ4v) is 2.81. The van der Waals surface area contributed by atoms with E-state index in [4.69, 9.17) is 4.74 Å². The molecule has 1 unspecified atom stereocenters. The number of amides is 1. The minimum Gasteiger partial charge on any atom is -0.497 e. The first-order valence-electron chi connectivity index (χ1n) is 10.4. The summed E-state index contributed by atoms with van der Waals surface area (Å²) in [5, 5.41) is 13.1. The largest absolute Gasteiger partial charge is 0.497 e. The molecule has 0 fully saturated rings. The van der Waals surface area contributed by atoms with Crippen LogP contribution in [-0.2, 0) is 17.6 Å². The van der Waals surface area contributed by atoms with Crippen molar-refractivity contribution in [3.05, 3.63) is 40.5 Å². The topological polar surface area (TPSA) is 145 Å². The predicted octanol–water partition coefficient (Wildman–Crippen LogP) is 2.08. The Morgan fingerprint density at radius 1 is 1.27 bits per heavy atom. The van der Waals surface area contributed by atoms with Gasteiger partial charge in [0, 0.05) is 65.3 Å². The van der Waals surface area contributed by atoms with Gasteiger partial charge in [-0.05, 0) is 57.4 Å². The van der Waals surface area contributed by atoms with E-state index < -0.39 is 0 Å². The molecule has 1 radical (unpaired) electrons. The molecule has 0 aliphatic heterocycles. The summed E-state index contributed by atoms with van der Waals surface area (Å²) in [6.45, 7) is 4.22. The number of hydrogen-bond acceptors (Lipinski definition) is 8. The SMILES string of the molecule is CCc1nc(C=O)c(Nc2cc(CCNC(=O)C(C)NC)cc(OC)c2)nc1[N-]C.CN.[Pr]. The number of methoxy groups -OCH3 is 1. The third kappa shape index (κ3) is 9.48. The van der Waals surface area contributed by atoms with Crippen LogP contribution in [0.5, 0.6) is 5.75 Å². The summed E-state index contributed by atoms with van der Waals surface area (Å²) in [4.78, 5) is 32.2. The molecule has 11 heteroatoms. The molecule has 2 aromatic rings. The van der Waals surface area contributed by atoms with Crippen molar-refractivity contribution >= 4 is 29.5 Å². The van der Waals surface area contributed by atoms with Crippen molar-refractivity contribution in [3.63, 3.8) is 0 Å². The van der Waals surface area contributed by atoms with E-state index in [1.54, 1.807) is 34.2 Å². The van der Waals surface area contributed by atoms with Gasteiger partial charge in [0.05, 0.1) is 19.0 Å². The minimum atomic E-state index is -0.253. The van der Waals surface area contributed by atoms with E-state index in [-0.39, 0.29) is 58.9 Å². The van der Waals surface area contributed by atoms with E-state index in [9.17, 15) is 9.59 Å². The second-order valence-corrected chi connectivity index (χ2v) is 6.67. The summed E-state index contributed by atoms with van der Waals surface area (Å²) in [5.74, 6) is 1.42. The van der Waals surface area contributed by atoms with E-state index in [2.05, 4.69) is 37.0 Å². The number of aryl methyl sites for hydroxylation is 1. The van der Waals surface area contributed by atoms with Crippen molar-refractivity contribution < 1.29 is 55.6 Å². The Kier molecular flexibility index (Phi) is 15.7. The summed E-state index contributed by atoms with van der Waals surface area (Å²) in [5.41, 5.74) is 7.04. The molecule has 179 valence electrons. The Bertz CT molecular complexity index is 897. The zero-order chi connectivity index (χ0) is 24.1. The summed E-state index contributed by atoms with van der Waals surface area (Å²) in [6, 6.07) is 5.37. The van der Waals surface area contributed by atoms with Crippen molar-refractivity contribution in [2.45, 2.75) is 32.7 Å². The van der Waals surface area contributed by atoms with Gasteiger partial charge < -0.3 is 36.7 Å². The van der Waals surface area contributed by atoms with Crippen LogP contribution < -0.4 is 26.4 Å². The Balaban J connectivity index is 0.00000332. The summed E-state index contributed by atoms with van der Waals surface area (Å²) in [7, 11) is 6.46. The van der Waals surface area contributed by atoms with E-state index >= 15 is 0 Å². The van der Waals surface area contributed by atoms with Crippen LogP contribution in [0.25, 0.3) is 5.32 Å². The first kappa shape index (κ1) is 31.1. The monoisotopic (exact) mass is 585 g/mol. The van der Waals surface area contributed by atoms with E-state index in [0.29, 0.717) is 54.4 Å². The van der Waals surface area contributed by atoms with Crippen molar-refractivity contribution in [1.29, 1.82) is 0 Å². The van der Waals surface area contributed by atoms with E-state index in [1.807, 2.05) is 19.1 Å². The van der Waals surface area contributed by atoms with Crippen LogP contribution >= 0.6 is 0 Å². The van der Waals surface area contributed by atoms with Crippen LogP contribution in [0.2, 0.25) is 0 Å². The molecule has 0 saturated carbocycles. The van der Waals surface area contributed by atoms with Crippen molar-refractivity contribution in [1.82, 2.24) is 20.6 Å². The maximum absolute atomic E-state index is 11.9. The Labute approximate surface area is 229 Å². The molecule has 33 heavy (non-hydrogen) atoms. The van der Waals surface area contributed by atoms with Crippen molar-refractivity contribution in [2.24, 2.45) is 5.73 Å². The molecular weight excluding hydrogens is 551 g/mol. The van der Waals surface area contributed by atoms with Crippen LogP contribution in [0.15, 0.2) is 18.2 Å². The van der Waals surface area contributed by atoms with E-state index in [1.165, 1.54) is 7.05 Å². The summed E-state index contributed by atoms with van der Waals surface area (Å²) >= 11 is 0. The number of carbonyl (C=O) groups is 2. The first-order chi connectivity index (χ1) is 15.4. The van der Waals surface area contributed by atoms with Gasteiger partial charge in [-0.15, -0.1) is 0 Å². The number of nitrogens with one attached hydrogen (secondary N) is 3. The number of likely N-dealkylation sites (N-methyl/N-ethyl adjacent to an activating group) is 1. The molecule has 0 bridgehead atoms. The normalized spacial score (nSPS) is 10.6. The summed E-state index contributed by atoms with van der Waals surface area (Å²) < 4.78 is 5.39. The van der Waals surface area contributed by atoms with Gasteiger partial charge in [0.15, 0.2) is 6.29 Å². The molecule has 0 saturated heterocycles. The predicted molar refractivity (Wildman–Crippen MR) is 127 cm³/mol. The molecule has 1 heterocycles. The zero-order valence-corrected chi connectivity index (χ0v) is 23.9. The number of aldehydes is 1.